The molecule has 3 N–H and O–H groups in total. The van der Waals surface area contributed by atoms with Crippen LogP contribution in [0.3, 0.4) is 0 Å². The van der Waals surface area contributed by atoms with Crippen LogP contribution in [0.4, 0.5) is 4.79 Å². The molecule has 8 nitrogen and oxygen atoms in total. The maximum atomic E-state index is 11.7. The monoisotopic (exact) mass is 374 g/mol. The Morgan fingerprint density at radius 2 is 1.95 bits per heavy atom. The van der Waals surface area contributed by atoms with E-state index in [-0.39, 0.29) is 12.2 Å². The summed E-state index contributed by atoms with van der Waals surface area (Å²) < 4.78 is 5.82. The SMILES string of the molecule is CN(CC(=O)NNC(=O)c1cc(Br)c[nH]1)C(=O)OC(C)(C)C. The first-order valence-electron chi connectivity index (χ1n) is 6.45. The quantitative estimate of drug-likeness (QED) is 0.695. The number of nitrogens with zero attached hydrogens (tertiary/aromatic N) is 1. The fraction of sp³-hybridized carbons (Fsp3) is 0.462. The lowest BCUT2D eigenvalue weighted by Gasteiger charge is -2.24. The van der Waals surface area contributed by atoms with Gasteiger partial charge in [-0.1, -0.05) is 0 Å². The molecule has 0 atom stereocenters. The largest absolute Gasteiger partial charge is 0.444 e. The number of hydrogen-bond acceptors (Lipinski definition) is 4. The average Bonchev–Trinajstić information content (AvgIpc) is 2.80. The molecule has 1 rings (SSSR count). The normalized spacial score (nSPS) is 10.8. The van der Waals surface area contributed by atoms with Gasteiger partial charge in [-0.15, -0.1) is 0 Å². The summed E-state index contributed by atoms with van der Waals surface area (Å²) in [5.74, 6) is -1.05. The molecule has 0 aliphatic rings. The van der Waals surface area contributed by atoms with Gasteiger partial charge in [0, 0.05) is 17.7 Å². The highest BCUT2D eigenvalue weighted by atomic mass is 79.9. The van der Waals surface area contributed by atoms with Crippen LogP contribution in [-0.4, -0.2) is 47.0 Å². The highest BCUT2D eigenvalue weighted by molar-refractivity contribution is 9.10. The van der Waals surface area contributed by atoms with Crippen LogP contribution >= 0.6 is 15.9 Å². The number of aromatic nitrogens is 1. The van der Waals surface area contributed by atoms with E-state index in [1.165, 1.54) is 7.05 Å². The summed E-state index contributed by atoms with van der Waals surface area (Å²) in [6.07, 6.45) is 0.967. The number of H-pyrrole nitrogens is 1. The minimum atomic E-state index is -0.642. The van der Waals surface area contributed by atoms with Gasteiger partial charge in [-0.05, 0) is 42.8 Å². The number of likely N-dealkylation sites (N-methyl/N-ethyl adjacent to an activating group) is 1. The van der Waals surface area contributed by atoms with Crippen LogP contribution < -0.4 is 10.9 Å². The maximum Gasteiger partial charge on any atom is 0.410 e. The molecule has 122 valence electrons. The summed E-state index contributed by atoms with van der Waals surface area (Å²) in [6.45, 7) is 4.94. The van der Waals surface area contributed by atoms with Crippen molar-refractivity contribution in [3.63, 3.8) is 0 Å². The second kappa shape index (κ2) is 7.30. The molecule has 1 heterocycles. The molecule has 1 aromatic heterocycles. The van der Waals surface area contributed by atoms with Crippen molar-refractivity contribution in [3.8, 4) is 0 Å². The Kier molecular flexibility index (Phi) is 5.98. The second-order valence-electron chi connectivity index (χ2n) is 5.57. The molecule has 3 amide bonds. The number of nitrogens with one attached hydrogen (secondary N) is 3. The fourth-order valence-electron chi connectivity index (χ4n) is 1.35. The van der Waals surface area contributed by atoms with E-state index in [2.05, 4.69) is 31.8 Å². The van der Waals surface area contributed by atoms with E-state index < -0.39 is 23.5 Å². The van der Waals surface area contributed by atoms with E-state index in [4.69, 9.17) is 4.74 Å². The Morgan fingerprint density at radius 3 is 2.45 bits per heavy atom. The van der Waals surface area contributed by atoms with Gasteiger partial charge in [0.25, 0.3) is 11.8 Å². The number of carbonyl (C=O) groups is 3. The minimum Gasteiger partial charge on any atom is -0.444 e. The Hall–Kier alpha value is -2.03. The van der Waals surface area contributed by atoms with Gasteiger partial charge >= 0.3 is 6.09 Å². The smallest absolute Gasteiger partial charge is 0.410 e. The predicted octanol–water partition coefficient (Wildman–Crippen LogP) is 1.41. The lowest BCUT2D eigenvalue weighted by Crippen LogP contribution is -2.47. The molecule has 0 radical (unpaired) electrons. The zero-order chi connectivity index (χ0) is 16.9. The van der Waals surface area contributed by atoms with Crippen LogP contribution in [0.15, 0.2) is 16.7 Å². The minimum absolute atomic E-state index is 0.246. The van der Waals surface area contributed by atoms with Crippen molar-refractivity contribution < 1.29 is 19.1 Å². The number of amides is 3. The zero-order valence-corrected chi connectivity index (χ0v) is 14.4. The fourth-order valence-corrected chi connectivity index (χ4v) is 1.70. The lowest BCUT2D eigenvalue weighted by atomic mass is 10.2. The van der Waals surface area contributed by atoms with Crippen molar-refractivity contribution in [3.05, 3.63) is 22.4 Å². The molecule has 0 fully saturated rings. The van der Waals surface area contributed by atoms with Crippen LogP contribution in [0.2, 0.25) is 0 Å². The van der Waals surface area contributed by atoms with E-state index in [1.807, 2.05) is 0 Å². The molecular formula is C13H19BrN4O4. The van der Waals surface area contributed by atoms with E-state index in [0.717, 1.165) is 4.90 Å². The van der Waals surface area contributed by atoms with E-state index in [9.17, 15) is 14.4 Å². The third kappa shape index (κ3) is 6.17. The molecule has 0 saturated carbocycles. The topological polar surface area (TPSA) is 104 Å². The standard InChI is InChI=1S/C13H19BrN4O4/c1-13(2,3)22-12(21)18(4)7-10(19)16-17-11(20)9-5-8(14)6-15-9/h5-6,15H,7H2,1-4H3,(H,16,19)(H,17,20). The summed E-state index contributed by atoms with van der Waals surface area (Å²) in [5, 5.41) is 0. The summed E-state index contributed by atoms with van der Waals surface area (Å²) in [6, 6.07) is 1.56. The number of aromatic amines is 1. The number of ether oxygens (including phenoxy) is 1. The van der Waals surface area contributed by atoms with E-state index in [1.54, 1.807) is 33.0 Å². The van der Waals surface area contributed by atoms with E-state index >= 15 is 0 Å². The Labute approximate surface area is 136 Å². The molecule has 0 bridgehead atoms. The van der Waals surface area contributed by atoms with E-state index in [0.29, 0.717) is 4.47 Å². The molecule has 9 heteroatoms. The van der Waals surface area contributed by atoms with Crippen molar-refractivity contribution in [2.24, 2.45) is 0 Å². The number of hydrazine groups is 1. The summed E-state index contributed by atoms with van der Waals surface area (Å²) in [5.41, 5.74) is 4.09. The first-order chi connectivity index (χ1) is 10.1. The van der Waals surface area contributed by atoms with Gasteiger partial charge in [-0.3, -0.25) is 20.4 Å². The molecule has 0 aliphatic heterocycles. The average molecular weight is 375 g/mol. The highest BCUT2D eigenvalue weighted by Gasteiger charge is 2.21. The Morgan fingerprint density at radius 1 is 1.32 bits per heavy atom. The van der Waals surface area contributed by atoms with Crippen LogP contribution in [0.5, 0.6) is 0 Å². The van der Waals surface area contributed by atoms with Gasteiger partial charge in [0.05, 0.1) is 0 Å². The van der Waals surface area contributed by atoms with Crippen LogP contribution in [-0.2, 0) is 9.53 Å². The number of hydrogen-bond donors (Lipinski definition) is 3. The molecule has 0 aromatic carbocycles. The molecule has 1 aromatic rings. The molecule has 0 unspecified atom stereocenters. The highest BCUT2D eigenvalue weighted by Crippen LogP contribution is 2.10. The third-order valence-corrected chi connectivity index (χ3v) is 2.75. The second-order valence-corrected chi connectivity index (χ2v) is 6.49. The van der Waals surface area contributed by atoms with Gasteiger partial charge in [-0.25, -0.2) is 4.79 Å². The first kappa shape index (κ1) is 18.0. The van der Waals surface area contributed by atoms with Crippen molar-refractivity contribution >= 4 is 33.8 Å². The Bertz CT molecular complexity index is 565. The third-order valence-electron chi connectivity index (χ3n) is 2.29. The maximum absolute atomic E-state index is 11.7. The zero-order valence-electron chi connectivity index (χ0n) is 12.8. The van der Waals surface area contributed by atoms with Crippen molar-refractivity contribution in [1.82, 2.24) is 20.7 Å². The first-order valence-corrected chi connectivity index (χ1v) is 7.25. The lowest BCUT2D eigenvalue weighted by molar-refractivity contribution is -0.122. The summed E-state index contributed by atoms with van der Waals surface area (Å²) in [7, 11) is 1.43. The van der Waals surface area contributed by atoms with Crippen molar-refractivity contribution in [1.29, 1.82) is 0 Å². The predicted molar refractivity (Wildman–Crippen MR) is 83.0 cm³/mol. The number of carbonyl (C=O) groups excluding carboxylic acids is 3. The number of rotatable bonds is 3. The Balaban J connectivity index is 2.40. The molecule has 22 heavy (non-hydrogen) atoms. The summed E-state index contributed by atoms with van der Waals surface area (Å²) in [4.78, 5) is 38.9. The van der Waals surface area contributed by atoms with Crippen LogP contribution in [0.25, 0.3) is 0 Å². The van der Waals surface area contributed by atoms with Crippen LogP contribution in [0.1, 0.15) is 31.3 Å². The van der Waals surface area contributed by atoms with Gasteiger partial charge in [0.15, 0.2) is 0 Å². The van der Waals surface area contributed by atoms with Crippen molar-refractivity contribution in [2.45, 2.75) is 26.4 Å². The molecule has 0 saturated heterocycles. The summed E-state index contributed by atoms with van der Waals surface area (Å²) >= 11 is 3.20. The van der Waals surface area contributed by atoms with Gasteiger partial charge < -0.3 is 14.6 Å². The van der Waals surface area contributed by atoms with Gasteiger partial charge in [0.1, 0.15) is 17.8 Å². The van der Waals surface area contributed by atoms with Gasteiger partial charge in [0.2, 0.25) is 0 Å². The molecular weight excluding hydrogens is 356 g/mol. The van der Waals surface area contributed by atoms with Crippen LogP contribution in [0, 0.1) is 0 Å². The van der Waals surface area contributed by atoms with Gasteiger partial charge in [-0.2, -0.15) is 0 Å². The molecule has 0 spiro atoms. The van der Waals surface area contributed by atoms with Crippen molar-refractivity contribution in [2.75, 3.05) is 13.6 Å². The molecule has 0 aliphatic carbocycles. The number of halogens is 1.